The third-order valence-corrected chi connectivity index (χ3v) is 3.40. The molecule has 0 heterocycles. The van der Waals surface area contributed by atoms with Crippen LogP contribution in [0.15, 0.2) is 0 Å². The number of rotatable bonds is 3. The fourth-order valence-corrected chi connectivity index (χ4v) is 2.38. The van der Waals surface area contributed by atoms with Crippen molar-refractivity contribution >= 4 is 0 Å². The average molecular weight is 184 g/mol. The van der Waals surface area contributed by atoms with E-state index in [9.17, 15) is 5.11 Å². The van der Waals surface area contributed by atoms with Crippen LogP contribution in [-0.2, 0) is 0 Å². The Hall–Kier alpha value is -0.0400. The van der Waals surface area contributed by atoms with Gasteiger partial charge in [-0.2, -0.15) is 0 Å². The molecule has 0 spiro atoms. The van der Waals surface area contributed by atoms with E-state index < -0.39 is 0 Å². The maximum atomic E-state index is 9.18. The quantitative estimate of drug-likeness (QED) is 0.714. The second-order valence-electron chi connectivity index (χ2n) is 5.65. The van der Waals surface area contributed by atoms with Crippen LogP contribution >= 0.6 is 0 Å². The Morgan fingerprint density at radius 3 is 2.15 bits per heavy atom. The van der Waals surface area contributed by atoms with Gasteiger partial charge < -0.3 is 5.11 Å². The maximum absolute atomic E-state index is 9.18. The molecule has 78 valence electrons. The second kappa shape index (κ2) is 4.45. The van der Waals surface area contributed by atoms with Crippen LogP contribution in [0.4, 0.5) is 0 Å². The van der Waals surface area contributed by atoms with Crippen molar-refractivity contribution in [1.82, 2.24) is 0 Å². The van der Waals surface area contributed by atoms with Crippen LogP contribution < -0.4 is 0 Å². The average Bonchev–Trinajstić information content (AvgIpc) is 2.09. The standard InChI is InChI=1S/C12H24O/c1-10-4-6-11(7-5-10)8-12(2,3)9-13/h10-11,13H,4-9H2,1-3H3. The van der Waals surface area contributed by atoms with Gasteiger partial charge in [0.1, 0.15) is 0 Å². The van der Waals surface area contributed by atoms with Gasteiger partial charge in [0, 0.05) is 6.61 Å². The molecule has 0 saturated heterocycles. The molecular formula is C12H24O. The molecule has 1 nitrogen and oxygen atoms in total. The van der Waals surface area contributed by atoms with Gasteiger partial charge in [0.25, 0.3) is 0 Å². The molecular weight excluding hydrogens is 160 g/mol. The molecule has 0 amide bonds. The van der Waals surface area contributed by atoms with Crippen LogP contribution in [0.5, 0.6) is 0 Å². The normalized spacial score (nSPS) is 30.5. The summed E-state index contributed by atoms with van der Waals surface area (Å²) in [5, 5.41) is 9.18. The Morgan fingerprint density at radius 1 is 1.15 bits per heavy atom. The van der Waals surface area contributed by atoms with Gasteiger partial charge >= 0.3 is 0 Å². The van der Waals surface area contributed by atoms with E-state index in [1.54, 1.807) is 0 Å². The minimum absolute atomic E-state index is 0.144. The van der Waals surface area contributed by atoms with Gasteiger partial charge in [0.15, 0.2) is 0 Å². The predicted octanol–water partition coefficient (Wildman–Crippen LogP) is 3.22. The van der Waals surface area contributed by atoms with Crippen LogP contribution in [0.1, 0.15) is 52.9 Å². The van der Waals surface area contributed by atoms with Gasteiger partial charge in [-0.3, -0.25) is 0 Å². The minimum atomic E-state index is 0.144. The van der Waals surface area contributed by atoms with Crippen molar-refractivity contribution in [3.63, 3.8) is 0 Å². The third-order valence-electron chi connectivity index (χ3n) is 3.40. The molecule has 13 heavy (non-hydrogen) atoms. The van der Waals surface area contributed by atoms with E-state index in [2.05, 4.69) is 20.8 Å². The molecule has 0 radical (unpaired) electrons. The largest absolute Gasteiger partial charge is 0.396 e. The SMILES string of the molecule is CC1CCC(CC(C)(C)CO)CC1. The first-order valence-corrected chi connectivity index (χ1v) is 5.64. The van der Waals surface area contributed by atoms with E-state index in [1.165, 1.54) is 32.1 Å². The minimum Gasteiger partial charge on any atom is -0.396 e. The molecule has 1 fully saturated rings. The van der Waals surface area contributed by atoms with Crippen molar-refractivity contribution < 1.29 is 5.11 Å². The zero-order chi connectivity index (χ0) is 9.90. The summed E-state index contributed by atoms with van der Waals surface area (Å²) in [7, 11) is 0. The monoisotopic (exact) mass is 184 g/mol. The Morgan fingerprint density at radius 2 is 1.69 bits per heavy atom. The van der Waals surface area contributed by atoms with Gasteiger partial charge in [0.05, 0.1) is 0 Å². The lowest BCUT2D eigenvalue weighted by Gasteiger charge is -2.32. The van der Waals surface area contributed by atoms with Gasteiger partial charge in [0.2, 0.25) is 0 Å². The highest BCUT2D eigenvalue weighted by Crippen LogP contribution is 2.36. The lowest BCUT2D eigenvalue weighted by molar-refractivity contribution is 0.113. The molecule has 1 saturated carbocycles. The van der Waals surface area contributed by atoms with Gasteiger partial charge in [-0.1, -0.05) is 46.5 Å². The van der Waals surface area contributed by atoms with E-state index in [-0.39, 0.29) is 5.41 Å². The molecule has 0 atom stereocenters. The van der Waals surface area contributed by atoms with Crippen LogP contribution in [0, 0.1) is 17.3 Å². The lowest BCUT2D eigenvalue weighted by Crippen LogP contribution is -2.23. The molecule has 0 aromatic rings. The summed E-state index contributed by atoms with van der Waals surface area (Å²) in [5.74, 6) is 1.81. The van der Waals surface area contributed by atoms with Crippen molar-refractivity contribution in [2.24, 2.45) is 17.3 Å². The summed E-state index contributed by atoms with van der Waals surface area (Å²) in [5.41, 5.74) is 0.144. The van der Waals surface area contributed by atoms with E-state index in [0.29, 0.717) is 6.61 Å². The fraction of sp³-hybridized carbons (Fsp3) is 1.00. The molecule has 0 unspecified atom stereocenters. The Kier molecular flexibility index (Phi) is 3.78. The van der Waals surface area contributed by atoms with E-state index in [1.807, 2.05) is 0 Å². The Bertz CT molecular complexity index is 143. The highest BCUT2D eigenvalue weighted by Gasteiger charge is 2.25. The number of hydrogen-bond acceptors (Lipinski definition) is 1. The molecule has 1 N–H and O–H groups in total. The molecule has 1 rings (SSSR count). The highest BCUT2D eigenvalue weighted by atomic mass is 16.3. The molecule has 0 aromatic carbocycles. The van der Waals surface area contributed by atoms with Crippen LogP contribution in [-0.4, -0.2) is 11.7 Å². The second-order valence-corrected chi connectivity index (χ2v) is 5.65. The summed E-state index contributed by atoms with van der Waals surface area (Å²) in [4.78, 5) is 0. The van der Waals surface area contributed by atoms with Gasteiger partial charge in [-0.15, -0.1) is 0 Å². The van der Waals surface area contributed by atoms with Crippen molar-refractivity contribution in [1.29, 1.82) is 0 Å². The fourth-order valence-electron chi connectivity index (χ4n) is 2.38. The lowest BCUT2D eigenvalue weighted by atomic mass is 9.74. The van der Waals surface area contributed by atoms with Crippen LogP contribution in [0.3, 0.4) is 0 Å². The molecule has 1 aliphatic rings. The zero-order valence-corrected chi connectivity index (χ0v) is 9.34. The molecule has 1 heteroatoms. The summed E-state index contributed by atoms with van der Waals surface area (Å²) in [6.07, 6.45) is 6.75. The zero-order valence-electron chi connectivity index (χ0n) is 9.34. The topological polar surface area (TPSA) is 20.2 Å². The van der Waals surface area contributed by atoms with E-state index >= 15 is 0 Å². The van der Waals surface area contributed by atoms with Crippen molar-refractivity contribution in [2.45, 2.75) is 52.9 Å². The van der Waals surface area contributed by atoms with Crippen LogP contribution in [0.2, 0.25) is 0 Å². The van der Waals surface area contributed by atoms with Crippen molar-refractivity contribution in [3.8, 4) is 0 Å². The van der Waals surface area contributed by atoms with Crippen LogP contribution in [0.25, 0.3) is 0 Å². The third kappa shape index (κ3) is 3.68. The van der Waals surface area contributed by atoms with Gasteiger partial charge in [-0.05, 0) is 23.7 Å². The first kappa shape index (κ1) is 11.0. The summed E-state index contributed by atoms with van der Waals surface area (Å²) >= 11 is 0. The molecule has 0 bridgehead atoms. The maximum Gasteiger partial charge on any atom is 0.0482 e. The Labute approximate surface area is 82.5 Å². The first-order valence-electron chi connectivity index (χ1n) is 5.64. The summed E-state index contributed by atoms with van der Waals surface area (Å²) in [6, 6.07) is 0. The van der Waals surface area contributed by atoms with Crippen molar-refractivity contribution in [3.05, 3.63) is 0 Å². The Balaban J connectivity index is 2.30. The molecule has 0 aliphatic heterocycles. The molecule has 0 aromatic heterocycles. The number of aliphatic hydroxyl groups is 1. The summed E-state index contributed by atoms with van der Waals surface area (Å²) in [6.45, 7) is 7.03. The smallest absolute Gasteiger partial charge is 0.0482 e. The van der Waals surface area contributed by atoms with Gasteiger partial charge in [-0.25, -0.2) is 0 Å². The van der Waals surface area contributed by atoms with Crippen molar-refractivity contribution in [2.75, 3.05) is 6.61 Å². The first-order chi connectivity index (χ1) is 6.03. The summed E-state index contributed by atoms with van der Waals surface area (Å²) < 4.78 is 0. The van der Waals surface area contributed by atoms with E-state index in [0.717, 1.165) is 11.8 Å². The molecule has 1 aliphatic carbocycles. The number of aliphatic hydroxyl groups excluding tert-OH is 1. The van der Waals surface area contributed by atoms with E-state index in [4.69, 9.17) is 0 Å². The highest BCUT2D eigenvalue weighted by molar-refractivity contribution is 4.77. The predicted molar refractivity (Wildman–Crippen MR) is 56.6 cm³/mol. The number of hydrogen-bond donors (Lipinski definition) is 1.